The Balaban J connectivity index is 1.17. The third-order valence-electron chi connectivity index (χ3n) is 8.53. The number of piperidine rings is 1. The van der Waals surface area contributed by atoms with Crippen LogP contribution in [0.25, 0.3) is 0 Å². The molecule has 0 bridgehead atoms. The van der Waals surface area contributed by atoms with Crippen molar-refractivity contribution in [2.75, 3.05) is 19.6 Å². The van der Waals surface area contributed by atoms with E-state index < -0.39 is 0 Å². The van der Waals surface area contributed by atoms with Crippen LogP contribution in [0.4, 0.5) is 0 Å². The average molecular weight is 416 g/mol. The molecule has 4 aliphatic rings. The highest BCUT2D eigenvalue weighted by Gasteiger charge is 2.43. The number of unbranched alkanes of at least 4 members (excludes halogenated alkanes) is 2. The normalized spacial score (nSPS) is 34.4. The number of aliphatic hydroxyl groups is 2. The number of rotatable bonds is 9. The maximum absolute atomic E-state index is 10.6. The van der Waals surface area contributed by atoms with Crippen LogP contribution in [0.5, 0.6) is 0 Å². The van der Waals surface area contributed by atoms with Gasteiger partial charge in [0.05, 0.1) is 12.2 Å². The molecule has 2 N–H and O–H groups in total. The van der Waals surface area contributed by atoms with Crippen LogP contribution in [0, 0.1) is 23.7 Å². The fraction of sp³-hybridized carbons (Fsp3) is 0.852. The van der Waals surface area contributed by atoms with Gasteiger partial charge in [-0.3, -0.25) is 0 Å². The summed E-state index contributed by atoms with van der Waals surface area (Å²) in [5, 5.41) is 21.2. The lowest BCUT2D eigenvalue weighted by molar-refractivity contribution is 0.120. The van der Waals surface area contributed by atoms with Gasteiger partial charge in [0, 0.05) is 5.92 Å². The van der Waals surface area contributed by atoms with Gasteiger partial charge in [0.1, 0.15) is 0 Å². The van der Waals surface area contributed by atoms with E-state index in [-0.39, 0.29) is 18.1 Å². The summed E-state index contributed by atoms with van der Waals surface area (Å²) in [7, 11) is 0. The lowest BCUT2D eigenvalue weighted by atomic mass is 9.83. The minimum absolute atomic E-state index is 0.225. The molecule has 30 heavy (non-hydrogen) atoms. The highest BCUT2D eigenvalue weighted by atomic mass is 16.3. The fourth-order valence-electron chi connectivity index (χ4n) is 6.71. The summed E-state index contributed by atoms with van der Waals surface area (Å²) in [6.07, 6.45) is 23.9. The molecule has 3 heteroatoms. The zero-order valence-electron chi connectivity index (χ0n) is 19.1. The van der Waals surface area contributed by atoms with Crippen molar-refractivity contribution in [3.05, 3.63) is 23.8 Å². The summed E-state index contributed by atoms with van der Waals surface area (Å²) in [5.74, 6) is 1.80. The number of aliphatic hydroxyl groups excluding tert-OH is 2. The summed E-state index contributed by atoms with van der Waals surface area (Å²) < 4.78 is 0. The highest BCUT2D eigenvalue weighted by molar-refractivity contribution is 5.21. The van der Waals surface area contributed by atoms with Gasteiger partial charge in [0.15, 0.2) is 0 Å². The first-order chi connectivity index (χ1) is 14.7. The summed E-state index contributed by atoms with van der Waals surface area (Å²) in [6.45, 7) is 3.94. The number of allylic oxidation sites excluding steroid dienone is 2. The van der Waals surface area contributed by atoms with Crippen LogP contribution in [0.2, 0.25) is 0 Å². The lowest BCUT2D eigenvalue weighted by Crippen LogP contribution is -2.30. The number of hydrogen-bond acceptors (Lipinski definition) is 3. The molecule has 3 aliphatic carbocycles. The SMILES string of the molecule is O[C@H](/C=C/[C@@H]1[C@H]2CC(CCCCCN3CCCCC3)=C[C@H]2C[C@H]1O)C1CCCCC1. The Labute approximate surface area is 184 Å². The Morgan fingerprint density at radius 2 is 1.77 bits per heavy atom. The van der Waals surface area contributed by atoms with Crippen molar-refractivity contribution in [1.82, 2.24) is 4.90 Å². The van der Waals surface area contributed by atoms with E-state index in [0.717, 1.165) is 19.3 Å². The average Bonchev–Trinajstić information content (AvgIpc) is 3.29. The third-order valence-corrected chi connectivity index (χ3v) is 8.53. The van der Waals surface area contributed by atoms with Gasteiger partial charge in [-0.15, -0.1) is 0 Å². The van der Waals surface area contributed by atoms with Gasteiger partial charge in [0.2, 0.25) is 0 Å². The van der Waals surface area contributed by atoms with Crippen molar-refractivity contribution in [2.24, 2.45) is 23.7 Å². The van der Waals surface area contributed by atoms with Gasteiger partial charge in [-0.05, 0) is 95.2 Å². The Morgan fingerprint density at radius 3 is 2.57 bits per heavy atom. The highest BCUT2D eigenvalue weighted by Crippen LogP contribution is 2.48. The molecular formula is C27H45NO2. The first kappa shape index (κ1) is 22.6. The molecule has 1 aliphatic heterocycles. The molecule has 0 aromatic heterocycles. The molecular weight excluding hydrogens is 370 g/mol. The molecule has 0 unspecified atom stereocenters. The van der Waals surface area contributed by atoms with Crippen molar-refractivity contribution in [1.29, 1.82) is 0 Å². The van der Waals surface area contributed by atoms with E-state index in [0.29, 0.717) is 17.8 Å². The van der Waals surface area contributed by atoms with Gasteiger partial charge >= 0.3 is 0 Å². The first-order valence-electron chi connectivity index (χ1n) is 13.2. The predicted octanol–water partition coefficient (Wildman–Crippen LogP) is 5.47. The Morgan fingerprint density at radius 1 is 1.00 bits per heavy atom. The zero-order chi connectivity index (χ0) is 20.8. The Kier molecular flexibility index (Phi) is 8.49. The van der Waals surface area contributed by atoms with Gasteiger partial charge in [-0.25, -0.2) is 0 Å². The quantitative estimate of drug-likeness (QED) is 0.387. The van der Waals surface area contributed by atoms with E-state index in [9.17, 15) is 10.2 Å². The zero-order valence-corrected chi connectivity index (χ0v) is 19.1. The van der Waals surface area contributed by atoms with E-state index >= 15 is 0 Å². The van der Waals surface area contributed by atoms with Crippen LogP contribution in [-0.4, -0.2) is 47.0 Å². The molecule has 0 aromatic rings. The van der Waals surface area contributed by atoms with Crippen LogP contribution in [0.15, 0.2) is 23.8 Å². The second-order valence-electron chi connectivity index (χ2n) is 10.7. The molecule has 170 valence electrons. The fourth-order valence-corrected chi connectivity index (χ4v) is 6.71. The number of nitrogens with zero attached hydrogens (tertiary/aromatic N) is 1. The van der Waals surface area contributed by atoms with Gasteiger partial charge in [-0.2, -0.15) is 0 Å². The topological polar surface area (TPSA) is 43.7 Å². The number of fused-ring (bicyclic) bond motifs is 1. The third kappa shape index (κ3) is 5.99. The van der Waals surface area contributed by atoms with Crippen LogP contribution in [-0.2, 0) is 0 Å². The van der Waals surface area contributed by atoms with Crippen LogP contribution >= 0.6 is 0 Å². The molecule has 3 fully saturated rings. The first-order valence-corrected chi connectivity index (χ1v) is 13.2. The van der Waals surface area contributed by atoms with Gasteiger partial charge < -0.3 is 15.1 Å². The van der Waals surface area contributed by atoms with Crippen LogP contribution in [0.3, 0.4) is 0 Å². The minimum Gasteiger partial charge on any atom is -0.392 e. The molecule has 0 aromatic carbocycles. The van der Waals surface area contributed by atoms with E-state index in [1.165, 1.54) is 90.3 Å². The molecule has 2 saturated carbocycles. The maximum Gasteiger partial charge on any atom is 0.0749 e. The second-order valence-corrected chi connectivity index (χ2v) is 10.7. The summed E-state index contributed by atoms with van der Waals surface area (Å²) in [4.78, 5) is 2.66. The lowest BCUT2D eigenvalue weighted by Gasteiger charge is -2.26. The Hall–Kier alpha value is -0.640. The molecule has 0 amide bonds. The van der Waals surface area contributed by atoms with Crippen molar-refractivity contribution in [3.63, 3.8) is 0 Å². The number of hydrogen-bond donors (Lipinski definition) is 2. The standard InChI is InChI=1S/C27H45NO2/c29-26(22-11-5-1-6-12-22)14-13-24-25-19-21(18-23(25)20-27(24)30)10-4-2-7-15-28-16-8-3-9-17-28/h13-14,18,22-27,29-30H,1-12,15-17,19-20H2/b14-13+/t23-,24+,25-,26+,27+/m0/s1. The number of likely N-dealkylation sites (tertiary alicyclic amines) is 1. The monoisotopic (exact) mass is 415 g/mol. The van der Waals surface area contributed by atoms with Crippen molar-refractivity contribution >= 4 is 0 Å². The van der Waals surface area contributed by atoms with Gasteiger partial charge in [-0.1, -0.05) is 55.9 Å². The molecule has 4 rings (SSSR count). The van der Waals surface area contributed by atoms with Crippen molar-refractivity contribution in [3.8, 4) is 0 Å². The van der Waals surface area contributed by atoms with E-state index in [4.69, 9.17) is 0 Å². The molecule has 3 nitrogen and oxygen atoms in total. The summed E-state index contributed by atoms with van der Waals surface area (Å²) >= 11 is 0. The summed E-state index contributed by atoms with van der Waals surface area (Å²) in [5.41, 5.74) is 1.64. The molecule has 1 saturated heterocycles. The van der Waals surface area contributed by atoms with Gasteiger partial charge in [0.25, 0.3) is 0 Å². The van der Waals surface area contributed by atoms with E-state index in [2.05, 4.69) is 17.1 Å². The molecule has 5 atom stereocenters. The largest absolute Gasteiger partial charge is 0.392 e. The van der Waals surface area contributed by atoms with Crippen molar-refractivity contribution < 1.29 is 10.2 Å². The van der Waals surface area contributed by atoms with Crippen LogP contribution in [0.1, 0.15) is 89.9 Å². The second kappa shape index (κ2) is 11.3. The summed E-state index contributed by atoms with van der Waals surface area (Å²) in [6, 6.07) is 0. The smallest absolute Gasteiger partial charge is 0.0749 e. The van der Waals surface area contributed by atoms with E-state index in [1.807, 2.05) is 6.08 Å². The van der Waals surface area contributed by atoms with Crippen LogP contribution < -0.4 is 0 Å². The molecule has 0 spiro atoms. The predicted molar refractivity (Wildman–Crippen MR) is 124 cm³/mol. The minimum atomic E-state index is -0.315. The molecule has 1 heterocycles. The van der Waals surface area contributed by atoms with Crippen molar-refractivity contribution in [2.45, 2.75) is 102 Å². The Bertz CT molecular complexity index is 573. The maximum atomic E-state index is 10.6. The molecule has 0 radical (unpaired) electrons. The van der Waals surface area contributed by atoms with E-state index in [1.54, 1.807) is 5.57 Å².